The molecule has 1 atom stereocenters. The Morgan fingerprint density at radius 1 is 1.35 bits per heavy atom. The fourth-order valence-corrected chi connectivity index (χ4v) is 1.90. The lowest BCUT2D eigenvalue weighted by atomic mass is 10.1. The highest BCUT2D eigenvalue weighted by atomic mass is 19.1. The summed E-state index contributed by atoms with van der Waals surface area (Å²) >= 11 is 0. The van der Waals surface area contributed by atoms with E-state index in [-0.39, 0.29) is 30.1 Å². The molecule has 0 fully saturated rings. The average molecular weight is 277 g/mol. The van der Waals surface area contributed by atoms with Gasteiger partial charge >= 0.3 is 0 Å². The summed E-state index contributed by atoms with van der Waals surface area (Å²) in [6.07, 6.45) is 1.89. The molecular formula is C15H16FNO3. The van der Waals surface area contributed by atoms with E-state index >= 15 is 0 Å². The van der Waals surface area contributed by atoms with Gasteiger partial charge in [0, 0.05) is 18.2 Å². The number of hydrogen-bond acceptors (Lipinski definition) is 3. The molecule has 1 aromatic heterocycles. The standard InChI is InChI=1S/C15H16FNO3/c1-10(6-8-18)17-15(19)14-13(7-9-20-14)11-2-4-12(16)5-3-11/h2-5,7,9-10,18H,6,8H2,1H3,(H,17,19). The lowest BCUT2D eigenvalue weighted by Gasteiger charge is -2.11. The first kappa shape index (κ1) is 14.3. The molecular weight excluding hydrogens is 261 g/mol. The van der Waals surface area contributed by atoms with Crippen LogP contribution in [-0.2, 0) is 0 Å². The second-order valence-electron chi connectivity index (χ2n) is 4.56. The molecule has 2 N–H and O–H groups in total. The SMILES string of the molecule is CC(CCO)NC(=O)c1occc1-c1ccc(F)cc1. The number of rotatable bonds is 5. The van der Waals surface area contributed by atoms with Gasteiger partial charge in [-0.2, -0.15) is 0 Å². The van der Waals surface area contributed by atoms with Gasteiger partial charge in [-0.25, -0.2) is 4.39 Å². The zero-order valence-electron chi connectivity index (χ0n) is 11.1. The van der Waals surface area contributed by atoms with Gasteiger partial charge < -0.3 is 14.8 Å². The number of aliphatic hydroxyl groups is 1. The number of aliphatic hydroxyl groups excluding tert-OH is 1. The highest BCUT2D eigenvalue weighted by Gasteiger charge is 2.18. The van der Waals surface area contributed by atoms with E-state index in [0.29, 0.717) is 17.5 Å². The predicted molar refractivity (Wildman–Crippen MR) is 72.7 cm³/mol. The molecule has 0 aliphatic rings. The Kier molecular flexibility index (Phi) is 4.53. The third kappa shape index (κ3) is 3.24. The first-order valence-electron chi connectivity index (χ1n) is 6.37. The van der Waals surface area contributed by atoms with Crippen LogP contribution in [0.15, 0.2) is 41.0 Å². The van der Waals surface area contributed by atoms with Gasteiger partial charge in [-0.3, -0.25) is 4.79 Å². The molecule has 0 spiro atoms. The van der Waals surface area contributed by atoms with Crippen molar-refractivity contribution in [3.8, 4) is 11.1 Å². The van der Waals surface area contributed by atoms with Crippen LogP contribution >= 0.6 is 0 Å². The first-order valence-corrected chi connectivity index (χ1v) is 6.37. The van der Waals surface area contributed by atoms with Gasteiger partial charge in [0.15, 0.2) is 5.76 Å². The fraction of sp³-hybridized carbons (Fsp3) is 0.267. The molecule has 0 saturated heterocycles. The molecule has 0 radical (unpaired) electrons. The van der Waals surface area contributed by atoms with Crippen molar-refractivity contribution in [3.05, 3.63) is 48.2 Å². The largest absolute Gasteiger partial charge is 0.459 e. The van der Waals surface area contributed by atoms with Crippen molar-refractivity contribution in [2.45, 2.75) is 19.4 Å². The van der Waals surface area contributed by atoms with Gasteiger partial charge in [0.1, 0.15) is 5.82 Å². The lowest BCUT2D eigenvalue weighted by molar-refractivity contribution is 0.0907. The first-order chi connectivity index (χ1) is 9.61. The number of halogens is 1. The molecule has 0 aliphatic heterocycles. The van der Waals surface area contributed by atoms with Crippen molar-refractivity contribution in [1.29, 1.82) is 0 Å². The summed E-state index contributed by atoms with van der Waals surface area (Å²) in [6.45, 7) is 1.80. The molecule has 1 heterocycles. The molecule has 0 aliphatic carbocycles. The molecule has 1 aromatic carbocycles. The van der Waals surface area contributed by atoms with E-state index in [2.05, 4.69) is 5.32 Å². The summed E-state index contributed by atoms with van der Waals surface area (Å²) in [4.78, 5) is 12.1. The quantitative estimate of drug-likeness (QED) is 0.883. The zero-order valence-corrected chi connectivity index (χ0v) is 11.1. The minimum absolute atomic E-state index is 0.00439. The second-order valence-corrected chi connectivity index (χ2v) is 4.56. The van der Waals surface area contributed by atoms with Crippen molar-refractivity contribution in [2.75, 3.05) is 6.61 Å². The fourth-order valence-electron chi connectivity index (χ4n) is 1.90. The van der Waals surface area contributed by atoms with Crippen LogP contribution in [0.4, 0.5) is 4.39 Å². The topological polar surface area (TPSA) is 62.5 Å². The van der Waals surface area contributed by atoms with E-state index in [1.807, 2.05) is 0 Å². The Labute approximate surface area is 116 Å². The van der Waals surface area contributed by atoms with Gasteiger partial charge in [-0.15, -0.1) is 0 Å². The van der Waals surface area contributed by atoms with Crippen LogP contribution in [0.2, 0.25) is 0 Å². The van der Waals surface area contributed by atoms with E-state index < -0.39 is 0 Å². The van der Waals surface area contributed by atoms with Crippen LogP contribution < -0.4 is 5.32 Å². The van der Waals surface area contributed by atoms with Gasteiger partial charge in [0.05, 0.1) is 6.26 Å². The molecule has 1 unspecified atom stereocenters. The smallest absolute Gasteiger partial charge is 0.287 e. The van der Waals surface area contributed by atoms with Gasteiger partial charge in [-0.05, 0) is 37.1 Å². The zero-order chi connectivity index (χ0) is 14.5. The maximum absolute atomic E-state index is 12.9. The van der Waals surface area contributed by atoms with Crippen LogP contribution in [-0.4, -0.2) is 23.7 Å². The maximum Gasteiger partial charge on any atom is 0.287 e. The number of carbonyl (C=O) groups is 1. The summed E-state index contributed by atoms with van der Waals surface area (Å²) in [6, 6.07) is 7.36. The number of nitrogens with one attached hydrogen (secondary N) is 1. The Balaban J connectivity index is 2.20. The van der Waals surface area contributed by atoms with E-state index in [1.54, 1.807) is 25.1 Å². The minimum atomic E-state index is -0.352. The highest BCUT2D eigenvalue weighted by Crippen LogP contribution is 2.25. The number of amides is 1. The summed E-state index contributed by atoms with van der Waals surface area (Å²) in [5, 5.41) is 11.6. The third-order valence-corrected chi connectivity index (χ3v) is 2.97. The average Bonchev–Trinajstić information content (AvgIpc) is 2.89. The van der Waals surface area contributed by atoms with Crippen molar-refractivity contribution >= 4 is 5.91 Å². The Hall–Kier alpha value is -2.14. The Morgan fingerprint density at radius 3 is 2.70 bits per heavy atom. The molecule has 20 heavy (non-hydrogen) atoms. The van der Waals surface area contributed by atoms with E-state index in [1.165, 1.54) is 18.4 Å². The number of benzene rings is 1. The van der Waals surface area contributed by atoms with E-state index in [9.17, 15) is 9.18 Å². The number of hydrogen-bond donors (Lipinski definition) is 2. The van der Waals surface area contributed by atoms with Gasteiger partial charge in [0.25, 0.3) is 5.91 Å². The number of carbonyl (C=O) groups excluding carboxylic acids is 1. The molecule has 1 amide bonds. The van der Waals surface area contributed by atoms with Gasteiger partial charge in [0.2, 0.25) is 0 Å². The molecule has 0 bridgehead atoms. The minimum Gasteiger partial charge on any atom is -0.459 e. The molecule has 5 heteroatoms. The Morgan fingerprint density at radius 2 is 2.05 bits per heavy atom. The second kappa shape index (κ2) is 6.34. The van der Waals surface area contributed by atoms with Crippen molar-refractivity contribution in [1.82, 2.24) is 5.32 Å². The van der Waals surface area contributed by atoms with Crippen LogP contribution in [0, 0.1) is 5.82 Å². The predicted octanol–water partition coefficient (Wildman–Crippen LogP) is 2.59. The van der Waals surface area contributed by atoms with Crippen molar-refractivity contribution < 1.29 is 18.7 Å². The normalized spacial score (nSPS) is 12.2. The molecule has 4 nitrogen and oxygen atoms in total. The highest BCUT2D eigenvalue weighted by molar-refractivity contribution is 5.98. The number of furan rings is 1. The maximum atomic E-state index is 12.9. The summed E-state index contributed by atoms with van der Waals surface area (Å²) < 4.78 is 18.1. The van der Waals surface area contributed by atoms with Crippen LogP contribution in [0.25, 0.3) is 11.1 Å². The lowest BCUT2D eigenvalue weighted by Crippen LogP contribution is -2.33. The van der Waals surface area contributed by atoms with E-state index in [0.717, 1.165) is 0 Å². The third-order valence-electron chi connectivity index (χ3n) is 2.97. The molecule has 106 valence electrons. The van der Waals surface area contributed by atoms with Gasteiger partial charge in [-0.1, -0.05) is 12.1 Å². The summed E-state index contributed by atoms with van der Waals surface area (Å²) in [5.41, 5.74) is 1.32. The summed E-state index contributed by atoms with van der Waals surface area (Å²) in [5.74, 6) is -0.503. The summed E-state index contributed by atoms with van der Waals surface area (Å²) in [7, 11) is 0. The molecule has 2 rings (SSSR count). The monoisotopic (exact) mass is 277 g/mol. The Bertz CT molecular complexity index is 577. The van der Waals surface area contributed by atoms with Crippen LogP contribution in [0.5, 0.6) is 0 Å². The van der Waals surface area contributed by atoms with Crippen molar-refractivity contribution in [2.24, 2.45) is 0 Å². The van der Waals surface area contributed by atoms with Crippen LogP contribution in [0.3, 0.4) is 0 Å². The molecule has 2 aromatic rings. The molecule has 0 saturated carbocycles. The van der Waals surface area contributed by atoms with Crippen molar-refractivity contribution in [3.63, 3.8) is 0 Å². The van der Waals surface area contributed by atoms with Crippen LogP contribution in [0.1, 0.15) is 23.9 Å². The van der Waals surface area contributed by atoms with E-state index in [4.69, 9.17) is 9.52 Å².